The Balaban J connectivity index is 1.46. The van der Waals surface area contributed by atoms with E-state index in [1.165, 1.54) is 16.7 Å². The molecule has 0 saturated heterocycles. The van der Waals surface area contributed by atoms with E-state index in [-0.39, 0.29) is 16.9 Å². The third-order valence-corrected chi connectivity index (χ3v) is 8.80. The lowest BCUT2D eigenvalue weighted by Crippen LogP contribution is -2.42. The van der Waals surface area contributed by atoms with E-state index in [0.717, 1.165) is 62.0 Å². The zero-order chi connectivity index (χ0) is 23.3. The maximum absolute atomic E-state index is 10.6. The van der Waals surface area contributed by atoms with Gasteiger partial charge in [0.25, 0.3) is 0 Å². The Labute approximate surface area is 203 Å². The zero-order valence-corrected chi connectivity index (χ0v) is 20.3. The second-order valence-electron chi connectivity index (χ2n) is 11.0. The van der Waals surface area contributed by atoms with E-state index in [1.54, 1.807) is 11.1 Å². The van der Waals surface area contributed by atoms with E-state index < -0.39 is 0 Å². The van der Waals surface area contributed by atoms with Crippen molar-refractivity contribution in [2.75, 3.05) is 5.32 Å². The molecular weight excluding hydrogens is 416 g/mol. The number of rotatable bonds is 4. The van der Waals surface area contributed by atoms with E-state index >= 15 is 0 Å². The van der Waals surface area contributed by atoms with E-state index in [9.17, 15) is 5.11 Å². The predicted molar refractivity (Wildman–Crippen MR) is 138 cm³/mol. The molecule has 2 N–H and O–H groups in total. The molecule has 3 nitrogen and oxygen atoms in total. The third kappa shape index (κ3) is 3.49. The Morgan fingerprint density at radius 2 is 1.85 bits per heavy atom. The van der Waals surface area contributed by atoms with Gasteiger partial charge in [0.2, 0.25) is 0 Å². The molecule has 34 heavy (non-hydrogen) atoms. The number of pyridine rings is 1. The number of aryl methyl sites for hydroxylation is 2. The van der Waals surface area contributed by atoms with Gasteiger partial charge in [-0.15, -0.1) is 0 Å². The summed E-state index contributed by atoms with van der Waals surface area (Å²) in [5.74, 6) is 0. The third-order valence-electron chi connectivity index (χ3n) is 8.80. The van der Waals surface area contributed by atoms with E-state index in [1.807, 2.05) is 19.2 Å². The zero-order valence-electron chi connectivity index (χ0n) is 20.3. The number of hydrogen-bond donors (Lipinski definition) is 2. The lowest BCUT2D eigenvalue weighted by molar-refractivity contribution is 0.156. The summed E-state index contributed by atoms with van der Waals surface area (Å²) in [7, 11) is 0. The van der Waals surface area contributed by atoms with Crippen molar-refractivity contribution in [1.82, 2.24) is 4.98 Å². The highest BCUT2D eigenvalue weighted by Gasteiger charge is 2.52. The second-order valence-corrected chi connectivity index (χ2v) is 11.0. The summed E-state index contributed by atoms with van der Waals surface area (Å²) >= 11 is 0. The van der Waals surface area contributed by atoms with Crippen molar-refractivity contribution in [1.29, 1.82) is 0 Å². The van der Waals surface area contributed by atoms with E-state index in [2.05, 4.69) is 71.8 Å². The average molecular weight is 451 g/mol. The molecule has 0 unspecified atom stereocenters. The van der Waals surface area contributed by atoms with Crippen LogP contribution in [0.25, 0.3) is 0 Å². The van der Waals surface area contributed by atoms with Gasteiger partial charge in [-0.2, -0.15) is 0 Å². The van der Waals surface area contributed by atoms with Crippen molar-refractivity contribution < 1.29 is 5.11 Å². The molecule has 174 valence electrons. The minimum absolute atomic E-state index is 0.0383. The van der Waals surface area contributed by atoms with Crippen molar-refractivity contribution in [3.8, 4) is 0 Å². The second kappa shape index (κ2) is 8.09. The largest absolute Gasteiger partial charge is 0.393 e. The summed E-state index contributed by atoms with van der Waals surface area (Å²) in [5, 5.41) is 14.2. The minimum Gasteiger partial charge on any atom is -0.393 e. The minimum atomic E-state index is -0.185. The number of aliphatic hydroxyl groups excluding tert-OH is 1. The van der Waals surface area contributed by atoms with Crippen LogP contribution in [0.1, 0.15) is 61.4 Å². The summed E-state index contributed by atoms with van der Waals surface area (Å²) in [6.45, 7) is 4.44. The van der Waals surface area contributed by atoms with Crippen LogP contribution >= 0.6 is 0 Å². The van der Waals surface area contributed by atoms with Crippen molar-refractivity contribution >= 4 is 11.4 Å². The van der Waals surface area contributed by atoms with Crippen LogP contribution in [0, 0.1) is 12.3 Å². The van der Waals surface area contributed by atoms with Gasteiger partial charge in [0.05, 0.1) is 17.5 Å². The number of benzene rings is 2. The SMILES string of the molecule is Cc1ncccc1Nc1ccc2c(c1)CCC1=C3C[C@@H](O)C[C@]3(C)CC[C@]12Cc1ccccc1. The van der Waals surface area contributed by atoms with Gasteiger partial charge >= 0.3 is 0 Å². The monoisotopic (exact) mass is 450 g/mol. The molecule has 0 aliphatic heterocycles. The Morgan fingerprint density at radius 3 is 2.68 bits per heavy atom. The Bertz CT molecular complexity index is 1260. The first-order chi connectivity index (χ1) is 16.5. The first-order valence-corrected chi connectivity index (χ1v) is 12.7. The molecule has 0 radical (unpaired) electrons. The first-order valence-electron chi connectivity index (χ1n) is 12.7. The van der Waals surface area contributed by atoms with Crippen molar-refractivity contribution in [3.63, 3.8) is 0 Å². The molecule has 3 atom stereocenters. The maximum Gasteiger partial charge on any atom is 0.0607 e. The molecule has 1 heterocycles. The molecule has 0 spiro atoms. The average Bonchev–Trinajstić information content (AvgIpc) is 3.15. The van der Waals surface area contributed by atoms with Crippen LogP contribution in [0.15, 0.2) is 78.0 Å². The number of aliphatic hydroxyl groups is 1. The van der Waals surface area contributed by atoms with Crippen molar-refractivity contribution in [3.05, 3.63) is 100 Å². The summed E-state index contributed by atoms with van der Waals surface area (Å²) in [6.07, 6.45) is 8.97. The fraction of sp³-hybridized carbons (Fsp3) is 0.387. The van der Waals surface area contributed by atoms with Crippen molar-refractivity contribution in [2.24, 2.45) is 5.41 Å². The van der Waals surface area contributed by atoms with Gasteiger partial charge in [-0.3, -0.25) is 4.98 Å². The lowest BCUT2D eigenvalue weighted by Gasteiger charge is -2.50. The van der Waals surface area contributed by atoms with E-state index in [0.29, 0.717) is 0 Å². The normalized spacial score (nSPS) is 27.7. The molecule has 3 aliphatic carbocycles. The molecule has 1 aromatic heterocycles. The fourth-order valence-corrected chi connectivity index (χ4v) is 7.17. The highest BCUT2D eigenvalue weighted by atomic mass is 16.3. The molecule has 1 saturated carbocycles. The van der Waals surface area contributed by atoms with Crippen LogP contribution in [0.3, 0.4) is 0 Å². The number of aromatic nitrogens is 1. The van der Waals surface area contributed by atoms with Gasteiger partial charge < -0.3 is 10.4 Å². The molecule has 3 aromatic rings. The maximum atomic E-state index is 10.6. The fourth-order valence-electron chi connectivity index (χ4n) is 7.17. The molecular formula is C31H34N2O. The molecule has 6 rings (SSSR count). The number of anilines is 2. The molecule has 2 aromatic carbocycles. The highest BCUT2D eigenvalue weighted by Crippen LogP contribution is 2.60. The predicted octanol–water partition coefficient (Wildman–Crippen LogP) is 6.81. The number of allylic oxidation sites excluding steroid dienone is 1. The van der Waals surface area contributed by atoms with Gasteiger partial charge in [0, 0.05) is 17.3 Å². The number of fused-ring (bicyclic) bond motifs is 4. The van der Waals surface area contributed by atoms with Crippen LogP contribution in [0.4, 0.5) is 11.4 Å². The van der Waals surface area contributed by atoms with Crippen LogP contribution in [0.2, 0.25) is 0 Å². The number of hydrogen-bond acceptors (Lipinski definition) is 3. The smallest absolute Gasteiger partial charge is 0.0607 e. The van der Waals surface area contributed by atoms with E-state index in [4.69, 9.17) is 0 Å². The topological polar surface area (TPSA) is 45.2 Å². The van der Waals surface area contributed by atoms with Crippen LogP contribution in [0.5, 0.6) is 0 Å². The Hall–Kier alpha value is -2.91. The quantitative estimate of drug-likeness (QED) is 0.429. The first kappa shape index (κ1) is 21.6. The highest BCUT2D eigenvalue weighted by molar-refractivity contribution is 5.65. The van der Waals surface area contributed by atoms with Crippen LogP contribution in [-0.2, 0) is 18.3 Å². The van der Waals surface area contributed by atoms with Crippen molar-refractivity contribution in [2.45, 2.75) is 70.3 Å². The lowest BCUT2D eigenvalue weighted by atomic mass is 9.54. The van der Waals surface area contributed by atoms with Gasteiger partial charge in [-0.1, -0.05) is 54.5 Å². The molecule has 0 amide bonds. The van der Waals surface area contributed by atoms with Crippen LogP contribution in [-0.4, -0.2) is 16.2 Å². The Morgan fingerprint density at radius 1 is 1.00 bits per heavy atom. The number of nitrogens with one attached hydrogen (secondary N) is 1. The standard InChI is InChI=1S/C31H34N2O/c1-21-29(9-6-16-32-21)33-24-11-13-26-23(17-24)10-12-27-28-18-25(34)20-30(28,2)14-15-31(26,27)19-22-7-4-3-5-8-22/h3-9,11,13,16-17,25,33-34H,10,12,14-15,18-20H2,1-2H3/t25-,30+,31-/m1/s1. The number of nitrogens with zero attached hydrogens (tertiary/aromatic N) is 1. The molecule has 3 heteroatoms. The molecule has 3 aliphatic rings. The van der Waals surface area contributed by atoms with Crippen LogP contribution < -0.4 is 5.32 Å². The summed E-state index contributed by atoms with van der Waals surface area (Å²) < 4.78 is 0. The summed E-state index contributed by atoms with van der Waals surface area (Å²) in [6, 6.07) is 22.1. The summed E-state index contributed by atoms with van der Waals surface area (Å²) in [4.78, 5) is 4.43. The van der Waals surface area contributed by atoms with Gasteiger partial charge in [-0.25, -0.2) is 0 Å². The molecule has 0 bridgehead atoms. The Kier molecular flexibility index (Phi) is 5.14. The summed E-state index contributed by atoms with van der Waals surface area (Å²) in [5.41, 5.74) is 11.0. The molecule has 1 fully saturated rings. The van der Waals surface area contributed by atoms with Gasteiger partial charge in [-0.05, 0) is 98.2 Å². The van der Waals surface area contributed by atoms with Gasteiger partial charge in [0.1, 0.15) is 0 Å². The van der Waals surface area contributed by atoms with Gasteiger partial charge in [0.15, 0.2) is 0 Å².